The number of amides is 2. The van der Waals surface area contributed by atoms with E-state index >= 15 is 0 Å². The highest BCUT2D eigenvalue weighted by Gasteiger charge is 2.14. The molecule has 80 valence electrons. The molecule has 3 N–H and O–H groups in total. The third-order valence-corrected chi connectivity index (χ3v) is 2.04. The van der Waals surface area contributed by atoms with Crippen molar-refractivity contribution >= 4 is 40.7 Å². The lowest BCUT2D eigenvalue weighted by atomic mass is 10.1. The third kappa shape index (κ3) is 3.11. The summed E-state index contributed by atoms with van der Waals surface area (Å²) in [6.07, 6.45) is 0. The normalized spacial score (nSPS) is 10.1. The van der Waals surface area contributed by atoms with E-state index in [1.807, 2.05) is 0 Å². The van der Waals surface area contributed by atoms with Crippen molar-refractivity contribution in [3.05, 3.63) is 29.8 Å². The maximum absolute atomic E-state index is 11.2. The van der Waals surface area contributed by atoms with E-state index in [1.54, 1.807) is 12.1 Å². The molecule has 1 aromatic carbocycles. The number of para-hydroxylation sites is 1. The Labute approximate surface area is 96.3 Å². The second-order valence-electron chi connectivity index (χ2n) is 2.70. The monoisotopic (exact) mass is 246 g/mol. The molecule has 0 aliphatic heterocycles. The average Bonchev–Trinajstić information content (AvgIpc) is 2.18. The van der Waals surface area contributed by atoms with Gasteiger partial charge in [0.1, 0.15) is 0 Å². The molecule has 0 bridgehead atoms. The zero-order chi connectivity index (χ0) is 11.4. The van der Waals surface area contributed by atoms with Gasteiger partial charge >= 0.3 is 0 Å². The van der Waals surface area contributed by atoms with E-state index in [0.717, 1.165) is 0 Å². The number of carbonyl (C=O) groups excluding carboxylic acids is 2. The number of alkyl halides is 2. The van der Waals surface area contributed by atoms with Crippen molar-refractivity contribution in [2.75, 3.05) is 5.32 Å². The van der Waals surface area contributed by atoms with Gasteiger partial charge in [0.05, 0.1) is 11.3 Å². The highest BCUT2D eigenvalue weighted by molar-refractivity contribution is 6.54. The number of benzene rings is 1. The van der Waals surface area contributed by atoms with Crippen LogP contribution in [-0.4, -0.2) is 16.7 Å². The van der Waals surface area contributed by atoms with Crippen LogP contribution in [0.1, 0.15) is 10.4 Å². The Balaban J connectivity index is 2.94. The summed E-state index contributed by atoms with van der Waals surface area (Å²) in [4.78, 5) is 20.9. The smallest absolute Gasteiger partial charge is 0.257 e. The van der Waals surface area contributed by atoms with E-state index in [2.05, 4.69) is 5.32 Å². The van der Waals surface area contributed by atoms with Gasteiger partial charge in [0.15, 0.2) is 4.84 Å². The van der Waals surface area contributed by atoms with Crippen LogP contribution in [0.25, 0.3) is 0 Å². The maximum Gasteiger partial charge on any atom is 0.257 e. The van der Waals surface area contributed by atoms with Gasteiger partial charge in [-0.1, -0.05) is 35.3 Å². The first-order chi connectivity index (χ1) is 7.02. The molecule has 1 rings (SSSR count). The summed E-state index contributed by atoms with van der Waals surface area (Å²) in [5.74, 6) is -1.24. The van der Waals surface area contributed by atoms with E-state index in [1.165, 1.54) is 12.1 Å². The van der Waals surface area contributed by atoms with Gasteiger partial charge in [-0.3, -0.25) is 9.59 Å². The van der Waals surface area contributed by atoms with E-state index in [9.17, 15) is 9.59 Å². The second-order valence-corrected chi connectivity index (χ2v) is 3.80. The van der Waals surface area contributed by atoms with Gasteiger partial charge in [-0.15, -0.1) is 0 Å². The van der Waals surface area contributed by atoms with Crippen molar-refractivity contribution in [3.63, 3.8) is 0 Å². The van der Waals surface area contributed by atoms with Crippen LogP contribution >= 0.6 is 23.2 Å². The van der Waals surface area contributed by atoms with Crippen LogP contribution in [-0.2, 0) is 4.79 Å². The second kappa shape index (κ2) is 5.00. The average molecular weight is 247 g/mol. The van der Waals surface area contributed by atoms with Gasteiger partial charge in [0.2, 0.25) is 0 Å². The van der Waals surface area contributed by atoms with Crippen molar-refractivity contribution in [1.29, 1.82) is 0 Å². The molecular formula is C9H8Cl2N2O2. The number of carbonyl (C=O) groups is 2. The van der Waals surface area contributed by atoms with Crippen molar-refractivity contribution in [1.82, 2.24) is 0 Å². The Hall–Kier alpha value is -1.26. The van der Waals surface area contributed by atoms with Crippen molar-refractivity contribution < 1.29 is 9.59 Å². The first kappa shape index (κ1) is 11.8. The number of hydrogen-bond donors (Lipinski definition) is 2. The molecular weight excluding hydrogens is 239 g/mol. The van der Waals surface area contributed by atoms with Gasteiger partial charge < -0.3 is 11.1 Å². The van der Waals surface area contributed by atoms with E-state index in [4.69, 9.17) is 28.9 Å². The summed E-state index contributed by atoms with van der Waals surface area (Å²) in [5, 5.41) is 2.39. The summed E-state index contributed by atoms with van der Waals surface area (Å²) in [5.41, 5.74) is 5.61. The molecule has 0 atom stereocenters. The lowest BCUT2D eigenvalue weighted by Gasteiger charge is -2.08. The van der Waals surface area contributed by atoms with Crippen LogP contribution in [0.2, 0.25) is 0 Å². The largest absolute Gasteiger partial charge is 0.366 e. The topological polar surface area (TPSA) is 72.2 Å². The number of nitrogens with one attached hydrogen (secondary N) is 1. The molecule has 0 radical (unpaired) electrons. The Morgan fingerprint density at radius 2 is 1.87 bits per heavy atom. The van der Waals surface area contributed by atoms with Crippen molar-refractivity contribution in [3.8, 4) is 0 Å². The zero-order valence-electron chi connectivity index (χ0n) is 7.54. The SMILES string of the molecule is NC(=O)c1ccccc1NC(=O)C(Cl)Cl. The number of rotatable bonds is 3. The first-order valence-corrected chi connectivity index (χ1v) is 4.87. The summed E-state index contributed by atoms with van der Waals surface area (Å²) in [7, 11) is 0. The number of anilines is 1. The highest BCUT2D eigenvalue weighted by atomic mass is 35.5. The van der Waals surface area contributed by atoms with E-state index in [-0.39, 0.29) is 5.56 Å². The third-order valence-electron chi connectivity index (χ3n) is 1.65. The lowest BCUT2D eigenvalue weighted by molar-refractivity contribution is -0.114. The Bertz CT molecular complexity index is 393. The van der Waals surface area contributed by atoms with Gasteiger partial charge in [0.25, 0.3) is 11.8 Å². The number of hydrogen-bond acceptors (Lipinski definition) is 2. The maximum atomic E-state index is 11.2. The van der Waals surface area contributed by atoms with Crippen molar-refractivity contribution in [2.24, 2.45) is 5.73 Å². The Kier molecular flexibility index (Phi) is 3.94. The molecule has 0 unspecified atom stereocenters. The lowest BCUT2D eigenvalue weighted by Crippen LogP contribution is -2.21. The van der Waals surface area contributed by atoms with E-state index in [0.29, 0.717) is 5.69 Å². The quantitative estimate of drug-likeness (QED) is 0.795. The minimum atomic E-state index is -1.19. The van der Waals surface area contributed by atoms with Crippen LogP contribution in [0.4, 0.5) is 5.69 Å². The summed E-state index contributed by atoms with van der Waals surface area (Å²) in [6.45, 7) is 0. The molecule has 6 heteroatoms. The number of nitrogens with two attached hydrogens (primary N) is 1. The molecule has 2 amide bonds. The molecule has 0 aliphatic carbocycles. The fourth-order valence-corrected chi connectivity index (χ4v) is 1.10. The highest BCUT2D eigenvalue weighted by Crippen LogP contribution is 2.15. The molecule has 0 saturated heterocycles. The number of halogens is 2. The molecule has 0 aliphatic rings. The zero-order valence-corrected chi connectivity index (χ0v) is 9.05. The summed E-state index contributed by atoms with van der Waals surface area (Å²) in [6, 6.07) is 6.32. The molecule has 15 heavy (non-hydrogen) atoms. The minimum absolute atomic E-state index is 0.208. The van der Waals surface area contributed by atoms with Crippen LogP contribution < -0.4 is 11.1 Å². The fourth-order valence-electron chi connectivity index (χ4n) is 0.994. The predicted octanol–water partition coefficient (Wildman–Crippen LogP) is 1.53. The van der Waals surface area contributed by atoms with Crippen LogP contribution in [0.3, 0.4) is 0 Å². The van der Waals surface area contributed by atoms with Gasteiger partial charge in [-0.2, -0.15) is 0 Å². The van der Waals surface area contributed by atoms with E-state index < -0.39 is 16.7 Å². The first-order valence-electron chi connectivity index (χ1n) is 4.00. The Morgan fingerprint density at radius 1 is 1.27 bits per heavy atom. The summed E-state index contributed by atoms with van der Waals surface area (Å²) >= 11 is 10.7. The molecule has 0 fully saturated rings. The minimum Gasteiger partial charge on any atom is -0.366 e. The standard InChI is InChI=1S/C9H8Cl2N2O2/c10-7(11)9(15)13-6-4-2-1-3-5(6)8(12)14/h1-4,7H,(H2,12,14)(H,13,15). The fraction of sp³-hybridized carbons (Fsp3) is 0.111. The predicted molar refractivity (Wildman–Crippen MR) is 59.1 cm³/mol. The molecule has 1 aromatic rings. The van der Waals surface area contributed by atoms with Gasteiger partial charge in [0, 0.05) is 0 Å². The summed E-state index contributed by atoms with van der Waals surface area (Å²) < 4.78 is 0. The van der Waals surface area contributed by atoms with Crippen LogP contribution in [0, 0.1) is 0 Å². The van der Waals surface area contributed by atoms with Gasteiger partial charge in [-0.25, -0.2) is 0 Å². The van der Waals surface area contributed by atoms with Crippen LogP contribution in [0.15, 0.2) is 24.3 Å². The molecule has 4 nitrogen and oxygen atoms in total. The Morgan fingerprint density at radius 3 is 2.40 bits per heavy atom. The molecule has 0 aromatic heterocycles. The molecule has 0 saturated carbocycles. The van der Waals surface area contributed by atoms with Crippen LogP contribution in [0.5, 0.6) is 0 Å². The van der Waals surface area contributed by atoms with Crippen molar-refractivity contribution in [2.45, 2.75) is 4.84 Å². The van der Waals surface area contributed by atoms with Gasteiger partial charge in [-0.05, 0) is 12.1 Å². The number of primary amides is 1. The molecule has 0 heterocycles. The molecule has 0 spiro atoms.